The van der Waals surface area contributed by atoms with Gasteiger partial charge in [-0.3, -0.25) is 4.79 Å². The Balaban J connectivity index is 1.57. The number of anilines is 1. The highest BCUT2D eigenvalue weighted by Crippen LogP contribution is 2.61. The fourth-order valence-corrected chi connectivity index (χ4v) is 5.45. The van der Waals surface area contributed by atoms with Crippen molar-refractivity contribution in [1.82, 2.24) is 14.9 Å². The third kappa shape index (κ3) is 3.59. The SMILES string of the molecule is CC[C@H]1C[C@]12C[C@@H](C(=O)O)N(C(=O)[C@@H](Nc1ncccn1)C1CCCCC1)C2. The Labute approximate surface area is 165 Å². The van der Waals surface area contributed by atoms with Crippen LogP contribution < -0.4 is 5.32 Å². The molecule has 0 bridgehead atoms. The van der Waals surface area contributed by atoms with Crippen LogP contribution in [0.2, 0.25) is 0 Å². The van der Waals surface area contributed by atoms with Crippen molar-refractivity contribution in [2.75, 3.05) is 11.9 Å². The highest BCUT2D eigenvalue weighted by atomic mass is 16.4. The summed E-state index contributed by atoms with van der Waals surface area (Å²) in [6, 6.07) is 0.567. The quantitative estimate of drug-likeness (QED) is 0.780. The van der Waals surface area contributed by atoms with Crippen molar-refractivity contribution in [1.29, 1.82) is 0 Å². The standard InChI is InChI=1S/C21H30N4O3/c1-2-15-11-21(15)12-16(19(27)28)25(13-21)18(26)17(14-7-4-3-5-8-14)24-20-22-9-6-10-23-20/h6,9-10,14-17H,2-5,7-8,11-13H2,1H3,(H,27,28)(H,22,23,24)/t15-,16-,17-,21+/m0/s1. The van der Waals surface area contributed by atoms with Crippen molar-refractivity contribution < 1.29 is 14.7 Å². The summed E-state index contributed by atoms with van der Waals surface area (Å²) in [5, 5.41) is 13.0. The first kappa shape index (κ1) is 19.2. The van der Waals surface area contributed by atoms with E-state index in [2.05, 4.69) is 22.2 Å². The molecule has 152 valence electrons. The van der Waals surface area contributed by atoms with Gasteiger partial charge in [-0.15, -0.1) is 0 Å². The van der Waals surface area contributed by atoms with Gasteiger partial charge in [0.2, 0.25) is 11.9 Å². The number of carboxylic acid groups (broad SMARTS) is 1. The van der Waals surface area contributed by atoms with Crippen LogP contribution in [0.4, 0.5) is 5.95 Å². The average Bonchev–Trinajstić information content (AvgIpc) is 3.26. The van der Waals surface area contributed by atoms with Crippen molar-refractivity contribution in [2.45, 2.75) is 70.4 Å². The molecule has 0 radical (unpaired) electrons. The lowest BCUT2D eigenvalue weighted by Gasteiger charge is -2.34. The largest absolute Gasteiger partial charge is 0.480 e. The Kier molecular flexibility index (Phi) is 5.25. The number of carbonyl (C=O) groups excluding carboxylic acids is 1. The van der Waals surface area contributed by atoms with E-state index in [1.165, 1.54) is 6.42 Å². The zero-order valence-electron chi connectivity index (χ0n) is 16.5. The van der Waals surface area contributed by atoms with Gasteiger partial charge in [-0.2, -0.15) is 0 Å². The molecule has 3 fully saturated rings. The summed E-state index contributed by atoms with van der Waals surface area (Å²) in [7, 11) is 0. The summed E-state index contributed by atoms with van der Waals surface area (Å²) >= 11 is 0. The zero-order valence-corrected chi connectivity index (χ0v) is 16.5. The number of nitrogens with one attached hydrogen (secondary N) is 1. The summed E-state index contributed by atoms with van der Waals surface area (Å²) in [4.78, 5) is 35.7. The summed E-state index contributed by atoms with van der Waals surface area (Å²) in [6.07, 6.45) is 11.4. The molecule has 1 aromatic heterocycles. The summed E-state index contributed by atoms with van der Waals surface area (Å²) in [5.41, 5.74) is 0.0217. The molecule has 1 amide bonds. The molecule has 1 aromatic rings. The molecule has 0 unspecified atom stereocenters. The maximum Gasteiger partial charge on any atom is 0.326 e. The Morgan fingerprint density at radius 3 is 2.57 bits per heavy atom. The molecule has 4 atom stereocenters. The number of rotatable bonds is 6. The second-order valence-electron chi connectivity index (χ2n) is 8.79. The molecular weight excluding hydrogens is 356 g/mol. The summed E-state index contributed by atoms with van der Waals surface area (Å²) in [5.74, 6) is 0.198. The smallest absolute Gasteiger partial charge is 0.326 e. The molecule has 7 heteroatoms. The van der Waals surface area contributed by atoms with Gasteiger partial charge in [0.15, 0.2) is 0 Å². The van der Waals surface area contributed by atoms with Crippen LogP contribution in [0.1, 0.15) is 58.3 Å². The predicted molar refractivity (Wildman–Crippen MR) is 105 cm³/mol. The van der Waals surface area contributed by atoms with Crippen LogP contribution >= 0.6 is 0 Å². The van der Waals surface area contributed by atoms with Crippen LogP contribution in [-0.4, -0.2) is 50.5 Å². The van der Waals surface area contributed by atoms with E-state index in [-0.39, 0.29) is 17.2 Å². The molecule has 1 saturated heterocycles. The molecule has 2 heterocycles. The fourth-order valence-electron chi connectivity index (χ4n) is 5.45. The van der Waals surface area contributed by atoms with Gasteiger partial charge in [0.1, 0.15) is 12.1 Å². The number of nitrogens with zero attached hydrogens (tertiary/aromatic N) is 3. The topological polar surface area (TPSA) is 95.4 Å². The van der Waals surface area contributed by atoms with Gasteiger partial charge in [0.25, 0.3) is 0 Å². The highest BCUT2D eigenvalue weighted by Gasteiger charge is 2.62. The average molecular weight is 386 g/mol. The lowest BCUT2D eigenvalue weighted by Crippen LogP contribution is -2.51. The third-order valence-corrected chi connectivity index (χ3v) is 7.12. The van der Waals surface area contributed by atoms with E-state index in [1.54, 1.807) is 23.4 Å². The van der Waals surface area contributed by atoms with Gasteiger partial charge in [-0.1, -0.05) is 32.6 Å². The molecule has 2 saturated carbocycles. The number of amides is 1. The first-order valence-electron chi connectivity index (χ1n) is 10.6. The number of aromatic nitrogens is 2. The zero-order chi connectivity index (χ0) is 19.7. The van der Waals surface area contributed by atoms with Crippen molar-refractivity contribution in [3.63, 3.8) is 0 Å². The molecular formula is C21H30N4O3. The van der Waals surface area contributed by atoms with Crippen molar-refractivity contribution in [3.05, 3.63) is 18.5 Å². The van der Waals surface area contributed by atoms with E-state index in [1.807, 2.05) is 0 Å². The highest BCUT2D eigenvalue weighted by molar-refractivity contribution is 5.89. The van der Waals surface area contributed by atoms with E-state index in [9.17, 15) is 14.7 Å². The maximum atomic E-state index is 13.6. The number of carbonyl (C=O) groups is 2. The predicted octanol–water partition coefficient (Wildman–Crippen LogP) is 2.94. The molecule has 1 aliphatic heterocycles. The minimum atomic E-state index is -0.884. The fraction of sp³-hybridized carbons (Fsp3) is 0.714. The molecule has 2 N–H and O–H groups in total. The second kappa shape index (κ2) is 7.68. The van der Waals surface area contributed by atoms with Gasteiger partial charge in [0.05, 0.1) is 0 Å². The van der Waals surface area contributed by atoms with E-state index in [0.29, 0.717) is 24.8 Å². The Morgan fingerprint density at radius 2 is 1.96 bits per heavy atom. The van der Waals surface area contributed by atoms with Crippen LogP contribution in [0.5, 0.6) is 0 Å². The number of aliphatic carboxylic acids is 1. The lowest BCUT2D eigenvalue weighted by atomic mass is 9.83. The normalized spacial score (nSPS) is 31.0. The van der Waals surface area contributed by atoms with Gasteiger partial charge < -0.3 is 15.3 Å². The van der Waals surface area contributed by atoms with Gasteiger partial charge >= 0.3 is 5.97 Å². The molecule has 4 rings (SSSR count). The van der Waals surface area contributed by atoms with Gasteiger partial charge in [-0.05, 0) is 49.0 Å². The van der Waals surface area contributed by atoms with Crippen molar-refractivity contribution in [3.8, 4) is 0 Å². The van der Waals surface area contributed by atoms with Crippen molar-refractivity contribution in [2.24, 2.45) is 17.3 Å². The Hall–Kier alpha value is -2.18. The number of carboxylic acids is 1. The minimum absolute atomic E-state index is 0.0217. The van der Waals surface area contributed by atoms with Gasteiger partial charge in [-0.25, -0.2) is 14.8 Å². The van der Waals surface area contributed by atoms with E-state index in [0.717, 1.165) is 38.5 Å². The molecule has 7 nitrogen and oxygen atoms in total. The van der Waals surface area contributed by atoms with Crippen LogP contribution in [0.25, 0.3) is 0 Å². The van der Waals surface area contributed by atoms with Crippen LogP contribution in [0.3, 0.4) is 0 Å². The summed E-state index contributed by atoms with van der Waals surface area (Å²) < 4.78 is 0. The third-order valence-electron chi connectivity index (χ3n) is 7.12. The maximum absolute atomic E-state index is 13.6. The molecule has 28 heavy (non-hydrogen) atoms. The molecule has 3 aliphatic rings. The number of hydrogen-bond donors (Lipinski definition) is 2. The first-order valence-corrected chi connectivity index (χ1v) is 10.6. The summed E-state index contributed by atoms with van der Waals surface area (Å²) in [6.45, 7) is 2.72. The molecule has 1 spiro atoms. The Bertz CT molecular complexity index is 722. The van der Waals surface area contributed by atoms with Crippen LogP contribution in [0, 0.1) is 17.3 Å². The minimum Gasteiger partial charge on any atom is -0.480 e. The second-order valence-corrected chi connectivity index (χ2v) is 8.79. The number of hydrogen-bond acceptors (Lipinski definition) is 5. The lowest BCUT2D eigenvalue weighted by molar-refractivity contribution is -0.149. The Morgan fingerprint density at radius 1 is 1.25 bits per heavy atom. The van der Waals surface area contributed by atoms with Gasteiger partial charge in [0, 0.05) is 18.9 Å². The van der Waals surface area contributed by atoms with E-state index in [4.69, 9.17) is 0 Å². The molecule has 0 aromatic carbocycles. The molecule has 2 aliphatic carbocycles. The van der Waals surface area contributed by atoms with Crippen LogP contribution in [0.15, 0.2) is 18.5 Å². The first-order chi connectivity index (χ1) is 13.5. The van der Waals surface area contributed by atoms with Crippen molar-refractivity contribution >= 4 is 17.8 Å². The monoisotopic (exact) mass is 386 g/mol. The van der Waals surface area contributed by atoms with E-state index >= 15 is 0 Å². The van der Waals surface area contributed by atoms with Crippen LogP contribution in [-0.2, 0) is 9.59 Å². The van der Waals surface area contributed by atoms with E-state index < -0.39 is 18.1 Å². The number of likely N-dealkylation sites (tertiary alicyclic amines) is 1.